The molecule has 2 N–H and O–H groups in total. The molecule has 0 spiro atoms. The second kappa shape index (κ2) is 7.21. The van der Waals surface area contributed by atoms with Crippen molar-refractivity contribution in [2.75, 3.05) is 11.4 Å². The Hall–Kier alpha value is -2.44. The number of hydrogen-bond donors (Lipinski definition) is 2. The third kappa shape index (κ3) is 3.36. The summed E-state index contributed by atoms with van der Waals surface area (Å²) in [6.07, 6.45) is -0.0539. The van der Waals surface area contributed by atoms with Crippen molar-refractivity contribution in [3.8, 4) is 5.75 Å². The van der Waals surface area contributed by atoms with Crippen LogP contribution in [-0.2, 0) is 24.4 Å². The molecule has 25 heavy (non-hydrogen) atoms. The first-order chi connectivity index (χ1) is 12.0. The lowest BCUT2D eigenvalue weighted by Crippen LogP contribution is -2.39. The second-order valence-corrected chi connectivity index (χ2v) is 6.00. The maximum absolute atomic E-state index is 13.5. The lowest BCUT2D eigenvalue weighted by Gasteiger charge is -2.24. The van der Waals surface area contributed by atoms with Gasteiger partial charge < -0.3 is 19.8 Å². The Morgan fingerprint density at radius 1 is 1.24 bits per heavy atom. The number of ether oxygens (including phenoxy) is 1. The number of rotatable bonds is 5. The Morgan fingerprint density at radius 2 is 1.88 bits per heavy atom. The van der Waals surface area contributed by atoms with Gasteiger partial charge in [-0.1, -0.05) is 18.2 Å². The molecule has 1 heterocycles. The van der Waals surface area contributed by atoms with Gasteiger partial charge in [0, 0.05) is 23.4 Å². The van der Waals surface area contributed by atoms with Gasteiger partial charge >= 0.3 is 0 Å². The van der Waals surface area contributed by atoms with Crippen LogP contribution >= 0.6 is 0 Å². The van der Waals surface area contributed by atoms with Gasteiger partial charge in [0.05, 0.1) is 13.2 Å². The molecule has 2 aromatic carbocycles. The molecule has 1 aliphatic heterocycles. The van der Waals surface area contributed by atoms with Gasteiger partial charge in [0.1, 0.15) is 11.6 Å². The zero-order valence-electron chi connectivity index (χ0n) is 13.9. The van der Waals surface area contributed by atoms with Crippen molar-refractivity contribution in [1.82, 2.24) is 0 Å². The summed E-state index contributed by atoms with van der Waals surface area (Å²) in [7, 11) is 0. The van der Waals surface area contributed by atoms with Gasteiger partial charge in [-0.05, 0) is 37.1 Å². The minimum Gasteiger partial charge on any atom is -0.480 e. The number of amides is 1. The number of nitrogens with zero attached hydrogens (tertiary/aromatic N) is 1. The maximum atomic E-state index is 13.5. The Labute approximate surface area is 145 Å². The zero-order valence-corrected chi connectivity index (χ0v) is 13.9. The normalized spacial score (nSPS) is 14.3. The Bertz CT molecular complexity index is 768. The maximum Gasteiger partial charge on any atom is 0.267 e. The molecule has 0 radical (unpaired) electrons. The number of aliphatic hydroxyl groups excluding tert-OH is 2. The van der Waals surface area contributed by atoms with E-state index in [9.17, 15) is 19.4 Å². The van der Waals surface area contributed by atoms with Crippen LogP contribution in [0.15, 0.2) is 36.4 Å². The van der Waals surface area contributed by atoms with Crippen LogP contribution in [0.2, 0.25) is 0 Å². The summed E-state index contributed by atoms with van der Waals surface area (Å²) in [5.41, 5.74) is 2.37. The van der Waals surface area contributed by atoms with Crippen LogP contribution in [0.4, 0.5) is 10.1 Å². The smallest absolute Gasteiger partial charge is 0.267 e. The number of carbonyl (C=O) groups excluding carboxylic acids is 1. The van der Waals surface area contributed by atoms with E-state index in [-0.39, 0.29) is 22.8 Å². The Morgan fingerprint density at radius 3 is 2.52 bits per heavy atom. The molecule has 0 fully saturated rings. The summed E-state index contributed by atoms with van der Waals surface area (Å²) >= 11 is 0. The van der Waals surface area contributed by atoms with Gasteiger partial charge in [0.15, 0.2) is 6.10 Å². The quantitative estimate of drug-likeness (QED) is 0.871. The summed E-state index contributed by atoms with van der Waals surface area (Å²) in [6, 6.07) is 9.97. The highest BCUT2D eigenvalue weighted by Gasteiger charge is 2.29. The van der Waals surface area contributed by atoms with Crippen molar-refractivity contribution >= 4 is 11.6 Å². The van der Waals surface area contributed by atoms with Crippen molar-refractivity contribution in [3.05, 3.63) is 58.9 Å². The number of benzene rings is 2. The van der Waals surface area contributed by atoms with E-state index >= 15 is 0 Å². The van der Waals surface area contributed by atoms with Crippen molar-refractivity contribution in [2.45, 2.75) is 32.7 Å². The SMILES string of the molecule is C[C@@H](Oc1c(CO)cc(F)cc1CO)C(=O)N1CCc2ccccc21. The molecule has 1 aliphatic rings. The lowest BCUT2D eigenvalue weighted by molar-refractivity contribution is -0.124. The summed E-state index contributed by atoms with van der Waals surface area (Å²) in [5, 5.41) is 18.9. The van der Waals surface area contributed by atoms with Crippen LogP contribution in [0.1, 0.15) is 23.6 Å². The van der Waals surface area contributed by atoms with Crippen molar-refractivity contribution < 1.29 is 24.1 Å². The largest absolute Gasteiger partial charge is 0.480 e. The molecule has 0 saturated heterocycles. The summed E-state index contributed by atoms with van der Waals surface area (Å²) in [6.45, 7) is 1.28. The predicted octanol–water partition coefficient (Wildman–Crippen LogP) is 2.17. The first kappa shape index (κ1) is 17.4. The minimum atomic E-state index is -0.841. The molecule has 2 aromatic rings. The summed E-state index contributed by atoms with van der Waals surface area (Å²) < 4.78 is 19.3. The fourth-order valence-electron chi connectivity index (χ4n) is 3.11. The average Bonchev–Trinajstić information content (AvgIpc) is 3.05. The molecule has 0 bridgehead atoms. The topological polar surface area (TPSA) is 70.0 Å². The third-order valence-electron chi connectivity index (χ3n) is 4.34. The van der Waals surface area contributed by atoms with Crippen LogP contribution < -0.4 is 9.64 Å². The molecule has 0 unspecified atom stereocenters. The number of hydrogen-bond acceptors (Lipinski definition) is 4. The molecule has 6 heteroatoms. The minimum absolute atomic E-state index is 0.153. The van der Waals surface area contributed by atoms with E-state index in [4.69, 9.17) is 4.74 Å². The van der Waals surface area contributed by atoms with Crippen LogP contribution in [0, 0.1) is 5.82 Å². The van der Waals surface area contributed by atoms with Crippen LogP contribution in [0.5, 0.6) is 5.75 Å². The summed E-state index contributed by atoms with van der Waals surface area (Å²) in [4.78, 5) is 14.4. The molecule has 5 nitrogen and oxygen atoms in total. The molecule has 1 amide bonds. The molecule has 0 saturated carbocycles. The van der Waals surface area contributed by atoms with E-state index in [1.54, 1.807) is 11.8 Å². The van der Waals surface area contributed by atoms with Gasteiger partial charge in [-0.15, -0.1) is 0 Å². The van der Waals surface area contributed by atoms with E-state index in [1.165, 1.54) is 0 Å². The predicted molar refractivity (Wildman–Crippen MR) is 90.8 cm³/mol. The highest BCUT2D eigenvalue weighted by Crippen LogP contribution is 2.30. The number of carbonyl (C=O) groups is 1. The Kier molecular flexibility index (Phi) is 5.01. The number of anilines is 1. The molecule has 0 aliphatic carbocycles. The third-order valence-corrected chi connectivity index (χ3v) is 4.34. The summed E-state index contributed by atoms with van der Waals surface area (Å²) in [5.74, 6) is -0.644. The molecule has 0 aromatic heterocycles. The van der Waals surface area contributed by atoms with E-state index < -0.39 is 25.1 Å². The molecule has 3 rings (SSSR count). The fraction of sp³-hybridized carbons (Fsp3) is 0.316. The van der Waals surface area contributed by atoms with E-state index in [0.717, 1.165) is 29.8 Å². The molecular weight excluding hydrogens is 325 g/mol. The van der Waals surface area contributed by atoms with Crippen LogP contribution in [0.3, 0.4) is 0 Å². The number of halogens is 1. The van der Waals surface area contributed by atoms with Crippen molar-refractivity contribution in [2.24, 2.45) is 0 Å². The average molecular weight is 345 g/mol. The first-order valence-corrected chi connectivity index (χ1v) is 8.14. The zero-order chi connectivity index (χ0) is 18.0. The highest BCUT2D eigenvalue weighted by atomic mass is 19.1. The van der Waals surface area contributed by atoms with Crippen molar-refractivity contribution in [3.63, 3.8) is 0 Å². The highest BCUT2D eigenvalue weighted by molar-refractivity contribution is 5.98. The van der Waals surface area contributed by atoms with Crippen LogP contribution in [-0.4, -0.2) is 28.8 Å². The molecule has 132 valence electrons. The van der Waals surface area contributed by atoms with Crippen molar-refractivity contribution in [1.29, 1.82) is 0 Å². The van der Waals surface area contributed by atoms with Gasteiger partial charge in [0.2, 0.25) is 0 Å². The Balaban J connectivity index is 1.84. The lowest BCUT2D eigenvalue weighted by atomic mass is 10.1. The fourth-order valence-corrected chi connectivity index (χ4v) is 3.11. The van der Waals surface area contributed by atoms with E-state index in [2.05, 4.69) is 0 Å². The number of para-hydroxylation sites is 1. The molecule has 1 atom stereocenters. The number of aliphatic hydroxyl groups is 2. The first-order valence-electron chi connectivity index (χ1n) is 8.14. The van der Waals surface area contributed by atoms with E-state index in [0.29, 0.717) is 6.54 Å². The second-order valence-electron chi connectivity index (χ2n) is 6.00. The van der Waals surface area contributed by atoms with E-state index in [1.807, 2.05) is 24.3 Å². The van der Waals surface area contributed by atoms with Gasteiger partial charge in [-0.25, -0.2) is 4.39 Å². The van der Waals surface area contributed by atoms with Crippen LogP contribution in [0.25, 0.3) is 0 Å². The monoisotopic (exact) mass is 345 g/mol. The van der Waals surface area contributed by atoms with Gasteiger partial charge in [0.25, 0.3) is 5.91 Å². The standard InChI is InChI=1S/C19H20FNO4/c1-12(19(24)21-7-6-13-4-2-3-5-17(13)21)25-18-14(10-22)8-16(20)9-15(18)11-23/h2-5,8-9,12,22-23H,6-7,10-11H2,1H3/t12-/m1/s1. The van der Waals surface area contributed by atoms with Gasteiger partial charge in [-0.3, -0.25) is 4.79 Å². The van der Waals surface area contributed by atoms with Gasteiger partial charge in [-0.2, -0.15) is 0 Å². The molecular formula is C19H20FNO4. The number of fused-ring (bicyclic) bond motifs is 1.